The van der Waals surface area contributed by atoms with Gasteiger partial charge in [0.25, 0.3) is 0 Å². The van der Waals surface area contributed by atoms with Gasteiger partial charge in [0.05, 0.1) is 22.7 Å². The van der Waals surface area contributed by atoms with Gasteiger partial charge in [0.15, 0.2) is 17.5 Å². The molecule has 7 heteroatoms. The minimum absolute atomic E-state index is 0.597. The van der Waals surface area contributed by atoms with Crippen LogP contribution in [0.5, 0.6) is 0 Å². The van der Waals surface area contributed by atoms with E-state index in [0.717, 1.165) is 66.3 Å². The fourth-order valence-electron chi connectivity index (χ4n) is 5.96. The number of para-hydroxylation sites is 1. The molecule has 9 aromatic rings. The van der Waals surface area contributed by atoms with Gasteiger partial charge in [0.2, 0.25) is 0 Å². The van der Waals surface area contributed by atoms with Crippen molar-refractivity contribution in [1.29, 1.82) is 0 Å². The summed E-state index contributed by atoms with van der Waals surface area (Å²) in [6.07, 6.45) is 3.45. The van der Waals surface area contributed by atoms with Crippen molar-refractivity contribution in [2.45, 2.75) is 0 Å². The molecule has 206 valence electrons. The molecule has 4 aromatic heterocycles. The summed E-state index contributed by atoms with van der Waals surface area (Å²) in [5, 5.41) is 3.13. The van der Waals surface area contributed by atoms with Crippen LogP contribution < -0.4 is 0 Å². The number of rotatable bonds is 4. The molecule has 0 saturated carbocycles. The molecule has 0 N–H and O–H groups in total. The third-order valence-corrected chi connectivity index (χ3v) is 7.99. The number of nitrogens with zero attached hydrogens (tertiary/aromatic N) is 6. The van der Waals surface area contributed by atoms with E-state index in [0.29, 0.717) is 17.5 Å². The first-order chi connectivity index (χ1) is 21.8. The summed E-state index contributed by atoms with van der Waals surface area (Å²) >= 11 is 0. The Morgan fingerprint density at radius 1 is 0.500 bits per heavy atom. The first kappa shape index (κ1) is 24.4. The van der Waals surface area contributed by atoms with Gasteiger partial charge in [-0.05, 0) is 30.3 Å². The van der Waals surface area contributed by atoms with Crippen LogP contribution in [0, 0.1) is 0 Å². The van der Waals surface area contributed by atoms with Gasteiger partial charge < -0.3 is 8.98 Å². The first-order valence-corrected chi connectivity index (χ1v) is 14.3. The number of hydrogen-bond acceptors (Lipinski definition) is 6. The summed E-state index contributed by atoms with van der Waals surface area (Å²) in [5.41, 5.74) is 8.16. The third kappa shape index (κ3) is 3.87. The van der Waals surface area contributed by atoms with E-state index in [9.17, 15) is 0 Å². The Hall–Kier alpha value is -6.21. The predicted octanol–water partition coefficient (Wildman–Crippen LogP) is 8.66. The predicted molar refractivity (Wildman–Crippen MR) is 173 cm³/mol. The van der Waals surface area contributed by atoms with Crippen molar-refractivity contribution in [2.24, 2.45) is 0 Å². The molecule has 7 nitrogen and oxygen atoms in total. The lowest BCUT2D eigenvalue weighted by atomic mass is 10.1. The second-order valence-corrected chi connectivity index (χ2v) is 10.6. The third-order valence-electron chi connectivity index (χ3n) is 7.99. The lowest BCUT2D eigenvalue weighted by molar-refractivity contribution is 0.669. The zero-order valence-electron chi connectivity index (χ0n) is 23.3. The van der Waals surface area contributed by atoms with Crippen molar-refractivity contribution in [1.82, 2.24) is 29.5 Å². The molecule has 0 atom stereocenters. The van der Waals surface area contributed by atoms with Crippen LogP contribution in [0.4, 0.5) is 0 Å². The van der Waals surface area contributed by atoms with Crippen molar-refractivity contribution in [3.63, 3.8) is 0 Å². The Balaban J connectivity index is 1.27. The van der Waals surface area contributed by atoms with Crippen LogP contribution in [0.25, 0.3) is 83.7 Å². The Kier molecular flexibility index (Phi) is 5.36. The van der Waals surface area contributed by atoms with Crippen LogP contribution in [0.15, 0.2) is 138 Å². The molecule has 0 fully saturated rings. The van der Waals surface area contributed by atoms with E-state index in [1.807, 2.05) is 97.2 Å². The molecule has 4 heterocycles. The maximum atomic E-state index is 6.22. The highest BCUT2D eigenvalue weighted by Gasteiger charge is 2.18. The van der Waals surface area contributed by atoms with Crippen molar-refractivity contribution in [3.8, 4) is 39.9 Å². The van der Waals surface area contributed by atoms with Gasteiger partial charge in [0.1, 0.15) is 17.5 Å². The van der Waals surface area contributed by atoms with Crippen molar-refractivity contribution in [2.75, 3.05) is 0 Å². The summed E-state index contributed by atoms with van der Waals surface area (Å²) in [6.45, 7) is 0. The topological polar surface area (TPSA) is 82.5 Å². The molecule has 0 saturated heterocycles. The number of hydrogen-bond donors (Lipinski definition) is 0. The molecule has 0 bridgehead atoms. The summed E-state index contributed by atoms with van der Waals surface area (Å²) in [7, 11) is 0. The van der Waals surface area contributed by atoms with E-state index < -0.39 is 0 Å². The summed E-state index contributed by atoms with van der Waals surface area (Å²) in [5.74, 6) is 1.85. The van der Waals surface area contributed by atoms with Gasteiger partial charge in [-0.2, -0.15) is 0 Å². The van der Waals surface area contributed by atoms with Crippen LogP contribution in [0.1, 0.15) is 0 Å². The van der Waals surface area contributed by atoms with E-state index >= 15 is 0 Å². The fraction of sp³-hybridized carbons (Fsp3) is 0. The normalized spacial score (nSPS) is 11.6. The number of furan rings is 1. The molecule has 0 aliphatic heterocycles. The maximum absolute atomic E-state index is 6.22. The standard InChI is InChI=1S/C37H22N6O/c1-3-10-23(11-4-1)35-40-36(24-12-5-2-6-13-24)42-37(41-35)25-14-9-15-26(18-25)43-30-19-28-27-16-7-8-17-32(27)44-33(28)20-29(30)34-31(43)21-38-22-39-34/h1-22H. The fourth-order valence-corrected chi connectivity index (χ4v) is 5.96. The molecular weight excluding hydrogens is 544 g/mol. The monoisotopic (exact) mass is 566 g/mol. The lowest BCUT2D eigenvalue weighted by Crippen LogP contribution is -2.01. The van der Waals surface area contributed by atoms with Gasteiger partial charge in [-0.25, -0.2) is 24.9 Å². The second-order valence-electron chi connectivity index (χ2n) is 10.6. The van der Waals surface area contributed by atoms with E-state index in [1.165, 1.54) is 0 Å². The zero-order chi connectivity index (χ0) is 29.0. The number of aromatic nitrogens is 6. The number of fused-ring (bicyclic) bond motifs is 6. The Labute approximate surface area is 251 Å². The van der Waals surface area contributed by atoms with Crippen LogP contribution in [-0.4, -0.2) is 29.5 Å². The van der Waals surface area contributed by atoms with Crippen LogP contribution in [0.2, 0.25) is 0 Å². The average Bonchev–Trinajstić information content (AvgIpc) is 3.62. The largest absolute Gasteiger partial charge is 0.456 e. The van der Waals surface area contributed by atoms with Crippen LogP contribution >= 0.6 is 0 Å². The minimum atomic E-state index is 0.597. The lowest BCUT2D eigenvalue weighted by Gasteiger charge is -2.11. The smallest absolute Gasteiger partial charge is 0.164 e. The van der Waals surface area contributed by atoms with Crippen molar-refractivity contribution < 1.29 is 4.42 Å². The molecule has 0 amide bonds. The summed E-state index contributed by atoms with van der Waals surface area (Å²) < 4.78 is 8.42. The van der Waals surface area contributed by atoms with Gasteiger partial charge in [0, 0.05) is 38.5 Å². The molecule has 0 unspecified atom stereocenters. The van der Waals surface area contributed by atoms with E-state index in [-0.39, 0.29) is 0 Å². The number of benzene rings is 5. The molecule has 44 heavy (non-hydrogen) atoms. The molecule has 0 radical (unpaired) electrons. The summed E-state index contributed by atoms with van der Waals surface area (Å²) in [6, 6.07) is 40.7. The van der Waals surface area contributed by atoms with Crippen molar-refractivity contribution >= 4 is 43.9 Å². The van der Waals surface area contributed by atoms with Crippen LogP contribution in [0.3, 0.4) is 0 Å². The molecule has 0 aliphatic carbocycles. The Morgan fingerprint density at radius 2 is 1.16 bits per heavy atom. The maximum Gasteiger partial charge on any atom is 0.164 e. The van der Waals surface area contributed by atoms with E-state index in [4.69, 9.17) is 19.4 Å². The van der Waals surface area contributed by atoms with E-state index in [1.54, 1.807) is 6.33 Å². The SMILES string of the molecule is c1ccc(-c2nc(-c3ccccc3)nc(-c3cccc(-n4c5cc6c(cc5c5ncncc54)oc4ccccc46)c3)n2)cc1. The van der Waals surface area contributed by atoms with Crippen LogP contribution in [-0.2, 0) is 0 Å². The van der Waals surface area contributed by atoms with E-state index in [2.05, 4.69) is 44.9 Å². The highest BCUT2D eigenvalue weighted by molar-refractivity contribution is 6.15. The molecule has 0 spiro atoms. The Morgan fingerprint density at radius 3 is 1.91 bits per heavy atom. The highest BCUT2D eigenvalue weighted by atomic mass is 16.3. The molecule has 0 aliphatic rings. The molecule has 9 rings (SSSR count). The molecule has 5 aromatic carbocycles. The average molecular weight is 567 g/mol. The zero-order valence-corrected chi connectivity index (χ0v) is 23.3. The van der Waals surface area contributed by atoms with Crippen molar-refractivity contribution in [3.05, 3.63) is 134 Å². The van der Waals surface area contributed by atoms with Gasteiger partial charge in [-0.15, -0.1) is 0 Å². The summed E-state index contributed by atoms with van der Waals surface area (Å²) in [4.78, 5) is 23.8. The van der Waals surface area contributed by atoms with Gasteiger partial charge >= 0.3 is 0 Å². The quantitative estimate of drug-likeness (QED) is 0.212. The van der Waals surface area contributed by atoms with Gasteiger partial charge in [-0.1, -0.05) is 91.0 Å². The Bertz CT molecular complexity index is 2440. The van der Waals surface area contributed by atoms with Gasteiger partial charge in [-0.3, -0.25) is 0 Å². The first-order valence-electron chi connectivity index (χ1n) is 14.3. The molecular formula is C37H22N6O. The second kappa shape index (κ2) is 9.68. The highest BCUT2D eigenvalue weighted by Crippen LogP contribution is 2.37. The minimum Gasteiger partial charge on any atom is -0.456 e.